The molecule has 0 saturated heterocycles. The summed E-state index contributed by atoms with van der Waals surface area (Å²) in [5.41, 5.74) is 7.62. The maximum absolute atomic E-state index is 5.40. The van der Waals surface area contributed by atoms with Crippen LogP contribution in [0.3, 0.4) is 0 Å². The van der Waals surface area contributed by atoms with Gasteiger partial charge in [-0.15, -0.1) is 11.3 Å². The minimum Gasteiger partial charge on any atom is -0.277 e. The quantitative estimate of drug-likeness (QED) is 0.207. The second-order valence-corrected chi connectivity index (χ2v) is 12.9. The molecule has 43 heavy (non-hydrogen) atoms. The van der Waals surface area contributed by atoms with Gasteiger partial charge in [-0.05, 0) is 40.1 Å². The van der Waals surface area contributed by atoms with Gasteiger partial charge in [-0.1, -0.05) is 123 Å². The van der Waals surface area contributed by atoms with E-state index in [9.17, 15) is 0 Å². The van der Waals surface area contributed by atoms with Gasteiger partial charge in [0, 0.05) is 31.8 Å². The third-order valence-electron chi connectivity index (χ3n) is 9.02. The highest BCUT2D eigenvalue weighted by Crippen LogP contribution is 2.58. The summed E-state index contributed by atoms with van der Waals surface area (Å²) >= 11 is 1.87. The first-order valence-electron chi connectivity index (χ1n) is 14.7. The highest BCUT2D eigenvalue weighted by atomic mass is 32.1. The van der Waals surface area contributed by atoms with Gasteiger partial charge in [0.2, 0.25) is 5.95 Å². The Hall–Kier alpha value is -5.06. The number of hydrogen-bond donors (Lipinski definition) is 0. The number of nitrogens with zero attached hydrogens (tertiary/aromatic N) is 3. The summed E-state index contributed by atoms with van der Waals surface area (Å²) in [6.07, 6.45) is 0. The standard InChI is InChI=1S/C39H27N3S/c1-39(2)29-20-10-12-22-31(29)42(38-40-30-21-11-8-18-27(30)35(41-38)24-14-4-3-5-15-24)36-34(39)26-17-7-6-16-25(26)33-28-19-9-13-23-32(28)43-37(33)36/h3-23H,1-2H3. The largest absolute Gasteiger partial charge is 0.277 e. The fourth-order valence-electron chi connectivity index (χ4n) is 7.13. The molecule has 3 heterocycles. The Kier molecular flexibility index (Phi) is 5.12. The van der Waals surface area contributed by atoms with Crippen molar-refractivity contribution in [2.75, 3.05) is 4.90 Å². The van der Waals surface area contributed by atoms with Crippen molar-refractivity contribution in [3.63, 3.8) is 0 Å². The van der Waals surface area contributed by atoms with Gasteiger partial charge >= 0.3 is 0 Å². The number of hydrogen-bond acceptors (Lipinski definition) is 4. The van der Waals surface area contributed by atoms with E-state index in [2.05, 4.69) is 146 Å². The molecule has 3 nitrogen and oxygen atoms in total. The van der Waals surface area contributed by atoms with Crippen molar-refractivity contribution in [1.82, 2.24) is 9.97 Å². The summed E-state index contributed by atoms with van der Waals surface area (Å²) in [4.78, 5) is 13.0. The second-order valence-electron chi connectivity index (χ2n) is 11.8. The highest BCUT2D eigenvalue weighted by molar-refractivity contribution is 7.26. The van der Waals surface area contributed by atoms with Crippen LogP contribution < -0.4 is 4.90 Å². The molecule has 0 aliphatic carbocycles. The molecule has 0 atom stereocenters. The van der Waals surface area contributed by atoms with E-state index in [0.717, 1.165) is 27.8 Å². The predicted molar refractivity (Wildman–Crippen MR) is 182 cm³/mol. The second kappa shape index (κ2) is 8.97. The zero-order chi connectivity index (χ0) is 28.7. The fourth-order valence-corrected chi connectivity index (χ4v) is 8.38. The molecule has 4 heteroatoms. The van der Waals surface area contributed by atoms with E-state index in [1.54, 1.807) is 0 Å². The topological polar surface area (TPSA) is 29.0 Å². The maximum Gasteiger partial charge on any atom is 0.235 e. The SMILES string of the molecule is CC1(C)c2ccccc2N(c2nc(-c3ccccc3)c3ccccc3n2)c2c1c1ccccc1c1c2sc2ccccc21. The molecule has 0 fully saturated rings. The van der Waals surface area contributed by atoms with Crippen LogP contribution in [-0.2, 0) is 5.41 Å². The molecule has 0 saturated carbocycles. The lowest BCUT2D eigenvalue weighted by Gasteiger charge is -2.42. The number of para-hydroxylation sites is 2. The zero-order valence-electron chi connectivity index (χ0n) is 23.9. The Bertz CT molecular complexity index is 2390. The predicted octanol–water partition coefficient (Wildman–Crippen LogP) is 10.9. The van der Waals surface area contributed by atoms with E-state index in [1.165, 1.54) is 47.8 Å². The lowest BCUT2D eigenvalue weighted by Crippen LogP contribution is -2.31. The molecule has 0 amide bonds. The van der Waals surface area contributed by atoms with Crippen LogP contribution in [0.1, 0.15) is 25.0 Å². The third-order valence-corrected chi connectivity index (χ3v) is 10.2. The molecular formula is C39H27N3S. The molecule has 8 aromatic rings. The van der Waals surface area contributed by atoms with Crippen LogP contribution in [0, 0.1) is 0 Å². The normalized spacial score (nSPS) is 14.0. The first kappa shape index (κ1) is 24.5. The Labute approximate surface area is 253 Å². The van der Waals surface area contributed by atoms with Gasteiger partial charge in [-0.3, -0.25) is 4.90 Å². The van der Waals surface area contributed by atoms with Crippen molar-refractivity contribution in [3.05, 3.63) is 139 Å². The van der Waals surface area contributed by atoms with Gasteiger partial charge in [-0.25, -0.2) is 9.97 Å². The summed E-state index contributed by atoms with van der Waals surface area (Å²) in [5.74, 6) is 0.691. The van der Waals surface area contributed by atoms with Crippen molar-refractivity contribution < 1.29 is 0 Å². The molecule has 0 radical (unpaired) electrons. The molecule has 1 aliphatic rings. The van der Waals surface area contributed by atoms with Crippen molar-refractivity contribution in [2.24, 2.45) is 0 Å². The van der Waals surface area contributed by atoms with E-state index in [-0.39, 0.29) is 5.41 Å². The molecule has 6 aromatic carbocycles. The summed E-state index contributed by atoms with van der Waals surface area (Å²) in [6.45, 7) is 4.73. The third kappa shape index (κ3) is 3.41. The summed E-state index contributed by atoms with van der Waals surface area (Å²) in [7, 11) is 0. The van der Waals surface area contributed by atoms with Crippen LogP contribution >= 0.6 is 11.3 Å². The summed E-state index contributed by atoms with van der Waals surface area (Å²) < 4.78 is 2.56. The molecule has 2 aromatic heterocycles. The Morgan fingerprint density at radius 1 is 0.605 bits per heavy atom. The minimum atomic E-state index is -0.245. The van der Waals surface area contributed by atoms with Gasteiger partial charge in [0.1, 0.15) is 0 Å². The maximum atomic E-state index is 5.40. The molecule has 9 rings (SSSR count). The minimum absolute atomic E-state index is 0.245. The first-order valence-corrected chi connectivity index (χ1v) is 15.5. The average Bonchev–Trinajstić information content (AvgIpc) is 3.45. The van der Waals surface area contributed by atoms with E-state index < -0.39 is 0 Å². The van der Waals surface area contributed by atoms with Crippen molar-refractivity contribution in [1.29, 1.82) is 0 Å². The van der Waals surface area contributed by atoms with E-state index in [4.69, 9.17) is 9.97 Å². The van der Waals surface area contributed by atoms with Gasteiger partial charge in [0.05, 0.1) is 27.3 Å². The highest BCUT2D eigenvalue weighted by Gasteiger charge is 2.41. The molecule has 1 aliphatic heterocycles. The van der Waals surface area contributed by atoms with Crippen molar-refractivity contribution in [2.45, 2.75) is 19.3 Å². The van der Waals surface area contributed by atoms with E-state index in [1.807, 2.05) is 11.3 Å². The average molecular weight is 570 g/mol. The molecule has 0 N–H and O–H groups in total. The molecule has 0 bridgehead atoms. The number of benzene rings is 6. The van der Waals surface area contributed by atoms with Crippen LogP contribution in [0.15, 0.2) is 127 Å². The Morgan fingerprint density at radius 3 is 2.09 bits per heavy atom. The lowest BCUT2D eigenvalue weighted by atomic mass is 9.71. The van der Waals surface area contributed by atoms with Crippen LogP contribution in [0.5, 0.6) is 0 Å². The smallest absolute Gasteiger partial charge is 0.235 e. The van der Waals surface area contributed by atoms with Crippen LogP contribution in [0.25, 0.3) is 53.1 Å². The Morgan fingerprint density at radius 2 is 1.26 bits per heavy atom. The number of thiophene rings is 1. The number of anilines is 3. The van der Waals surface area contributed by atoms with Gasteiger partial charge in [0.15, 0.2) is 0 Å². The number of fused-ring (bicyclic) bond motifs is 10. The van der Waals surface area contributed by atoms with Gasteiger partial charge < -0.3 is 0 Å². The van der Waals surface area contributed by atoms with Crippen LogP contribution in [0.2, 0.25) is 0 Å². The molecule has 0 spiro atoms. The van der Waals surface area contributed by atoms with E-state index in [0.29, 0.717) is 5.95 Å². The van der Waals surface area contributed by atoms with Gasteiger partial charge in [0.25, 0.3) is 0 Å². The molecule has 204 valence electrons. The molecular weight excluding hydrogens is 543 g/mol. The summed E-state index contributed by atoms with van der Waals surface area (Å²) in [5, 5.41) is 6.23. The van der Waals surface area contributed by atoms with Crippen LogP contribution in [0.4, 0.5) is 17.3 Å². The van der Waals surface area contributed by atoms with Crippen molar-refractivity contribution >= 4 is 70.5 Å². The summed E-state index contributed by atoms with van der Waals surface area (Å²) in [6, 6.07) is 45.3. The monoisotopic (exact) mass is 569 g/mol. The van der Waals surface area contributed by atoms with E-state index >= 15 is 0 Å². The van der Waals surface area contributed by atoms with Crippen molar-refractivity contribution in [3.8, 4) is 11.3 Å². The zero-order valence-corrected chi connectivity index (χ0v) is 24.7. The number of aromatic nitrogens is 2. The molecule has 0 unspecified atom stereocenters. The lowest BCUT2D eigenvalue weighted by molar-refractivity contribution is 0.638. The van der Waals surface area contributed by atoms with Gasteiger partial charge in [-0.2, -0.15) is 0 Å². The Balaban J connectivity index is 1.48. The van der Waals surface area contributed by atoms with Crippen LogP contribution in [-0.4, -0.2) is 9.97 Å². The number of rotatable bonds is 2. The first-order chi connectivity index (χ1) is 21.1. The fraction of sp³-hybridized carbons (Fsp3) is 0.0769.